The molecule has 33 heavy (non-hydrogen) atoms. The molecule has 0 fully saturated rings. The maximum absolute atomic E-state index is 12.6. The van der Waals surface area contributed by atoms with Crippen LogP contribution in [0, 0.1) is 10.1 Å². The van der Waals surface area contributed by atoms with Gasteiger partial charge in [-0.05, 0) is 25.1 Å². The SMILES string of the molecule is COCCNC(=O)CSc1ccccc1C(=O)OC(C)C(=O)Nc1ccc([N+](=O)[O-])cc1Cl. The number of carbonyl (C=O) groups excluding carboxylic acids is 3. The largest absolute Gasteiger partial charge is 0.449 e. The van der Waals surface area contributed by atoms with E-state index in [1.807, 2.05) is 0 Å². The van der Waals surface area contributed by atoms with Gasteiger partial charge in [-0.2, -0.15) is 0 Å². The molecule has 2 amide bonds. The summed E-state index contributed by atoms with van der Waals surface area (Å²) in [5.41, 5.74) is 0.129. The smallest absolute Gasteiger partial charge is 0.340 e. The zero-order chi connectivity index (χ0) is 24.4. The summed E-state index contributed by atoms with van der Waals surface area (Å²) in [5, 5.41) is 15.9. The maximum Gasteiger partial charge on any atom is 0.340 e. The Morgan fingerprint density at radius 2 is 1.94 bits per heavy atom. The molecule has 2 aromatic carbocycles. The average molecular weight is 496 g/mol. The van der Waals surface area contributed by atoms with Crippen molar-refractivity contribution in [2.45, 2.75) is 17.9 Å². The predicted molar refractivity (Wildman–Crippen MR) is 124 cm³/mol. The maximum atomic E-state index is 12.6. The van der Waals surface area contributed by atoms with E-state index in [9.17, 15) is 24.5 Å². The van der Waals surface area contributed by atoms with Crippen LogP contribution in [-0.2, 0) is 19.1 Å². The molecule has 176 valence electrons. The van der Waals surface area contributed by atoms with Crippen LogP contribution in [0.2, 0.25) is 5.02 Å². The van der Waals surface area contributed by atoms with E-state index in [1.165, 1.54) is 32.2 Å². The molecule has 0 saturated heterocycles. The van der Waals surface area contributed by atoms with E-state index < -0.39 is 22.9 Å². The van der Waals surface area contributed by atoms with Gasteiger partial charge >= 0.3 is 5.97 Å². The van der Waals surface area contributed by atoms with E-state index in [-0.39, 0.29) is 33.6 Å². The monoisotopic (exact) mass is 495 g/mol. The Labute approximate surface area is 199 Å². The summed E-state index contributed by atoms with van der Waals surface area (Å²) < 4.78 is 10.1. The van der Waals surface area contributed by atoms with E-state index in [0.29, 0.717) is 18.0 Å². The molecule has 0 aromatic heterocycles. The molecular weight excluding hydrogens is 474 g/mol. The Hall–Kier alpha value is -3.15. The van der Waals surface area contributed by atoms with Crippen LogP contribution in [0.1, 0.15) is 17.3 Å². The molecule has 10 nitrogen and oxygen atoms in total. The van der Waals surface area contributed by atoms with Crippen LogP contribution in [0.15, 0.2) is 47.4 Å². The molecule has 0 aliphatic heterocycles. The first-order valence-corrected chi connectivity index (χ1v) is 11.0. The molecule has 0 spiro atoms. The van der Waals surface area contributed by atoms with Crippen LogP contribution in [0.5, 0.6) is 0 Å². The third-order valence-electron chi connectivity index (χ3n) is 4.17. The predicted octanol–water partition coefficient (Wildman–Crippen LogP) is 3.29. The Bertz CT molecular complexity index is 1030. The Kier molecular flexibility index (Phi) is 10.1. The van der Waals surface area contributed by atoms with E-state index >= 15 is 0 Å². The number of esters is 1. The van der Waals surface area contributed by atoms with Gasteiger partial charge in [-0.3, -0.25) is 19.7 Å². The number of methoxy groups -OCH3 is 1. The number of hydrogen-bond donors (Lipinski definition) is 2. The first kappa shape index (κ1) is 26.1. The molecule has 2 N–H and O–H groups in total. The zero-order valence-electron chi connectivity index (χ0n) is 17.8. The van der Waals surface area contributed by atoms with Gasteiger partial charge in [0.25, 0.3) is 11.6 Å². The molecular formula is C21H22ClN3O7S. The van der Waals surface area contributed by atoms with Gasteiger partial charge in [0.2, 0.25) is 5.91 Å². The summed E-state index contributed by atoms with van der Waals surface area (Å²) in [6, 6.07) is 10.1. The topological polar surface area (TPSA) is 137 Å². The number of nitro groups is 1. The van der Waals surface area contributed by atoms with Crippen LogP contribution >= 0.6 is 23.4 Å². The molecule has 0 saturated carbocycles. The van der Waals surface area contributed by atoms with Crippen molar-refractivity contribution in [2.24, 2.45) is 0 Å². The number of nitrogens with zero attached hydrogens (tertiary/aromatic N) is 1. The second kappa shape index (κ2) is 12.8. The number of non-ortho nitro benzene ring substituents is 1. The molecule has 0 bridgehead atoms. The second-order valence-corrected chi connectivity index (χ2v) is 8.01. The normalized spacial score (nSPS) is 11.4. The number of amides is 2. The van der Waals surface area contributed by atoms with Gasteiger partial charge < -0.3 is 20.1 Å². The number of ether oxygens (including phenoxy) is 2. The van der Waals surface area contributed by atoms with Crippen molar-refractivity contribution < 1.29 is 28.8 Å². The summed E-state index contributed by atoms with van der Waals surface area (Å²) in [4.78, 5) is 47.7. The fourth-order valence-corrected chi connectivity index (χ4v) is 3.57. The highest BCUT2D eigenvalue weighted by Gasteiger charge is 2.22. The molecule has 2 aromatic rings. The van der Waals surface area contributed by atoms with Crippen molar-refractivity contribution in [1.82, 2.24) is 5.32 Å². The van der Waals surface area contributed by atoms with Crippen molar-refractivity contribution >= 4 is 52.5 Å². The minimum Gasteiger partial charge on any atom is -0.449 e. The molecule has 0 heterocycles. The highest BCUT2D eigenvalue weighted by atomic mass is 35.5. The summed E-state index contributed by atoms with van der Waals surface area (Å²) in [6.45, 7) is 2.15. The molecule has 2 rings (SSSR count). The third-order valence-corrected chi connectivity index (χ3v) is 5.55. The molecule has 1 unspecified atom stereocenters. The summed E-state index contributed by atoms with van der Waals surface area (Å²) in [7, 11) is 1.53. The highest BCUT2D eigenvalue weighted by Crippen LogP contribution is 2.27. The quantitative estimate of drug-likeness (QED) is 0.159. The highest BCUT2D eigenvalue weighted by molar-refractivity contribution is 8.00. The summed E-state index contributed by atoms with van der Waals surface area (Å²) >= 11 is 7.13. The lowest BCUT2D eigenvalue weighted by molar-refractivity contribution is -0.384. The minimum atomic E-state index is -1.18. The minimum absolute atomic E-state index is 0.0263. The first-order valence-electron chi connectivity index (χ1n) is 9.66. The summed E-state index contributed by atoms with van der Waals surface area (Å²) in [5.74, 6) is -1.53. The number of rotatable bonds is 11. The van der Waals surface area contributed by atoms with E-state index in [4.69, 9.17) is 21.1 Å². The van der Waals surface area contributed by atoms with Crippen LogP contribution < -0.4 is 10.6 Å². The molecule has 0 aliphatic carbocycles. The fourth-order valence-electron chi connectivity index (χ4n) is 2.48. The van der Waals surface area contributed by atoms with Crippen LogP contribution in [0.4, 0.5) is 11.4 Å². The Balaban J connectivity index is 1.98. The first-order chi connectivity index (χ1) is 15.7. The average Bonchev–Trinajstić information content (AvgIpc) is 2.79. The van der Waals surface area contributed by atoms with Crippen LogP contribution in [-0.4, -0.2) is 54.8 Å². The van der Waals surface area contributed by atoms with Crippen molar-refractivity contribution in [3.63, 3.8) is 0 Å². The number of halogens is 1. The Morgan fingerprint density at radius 3 is 2.61 bits per heavy atom. The number of thioether (sulfide) groups is 1. The Morgan fingerprint density at radius 1 is 1.21 bits per heavy atom. The van der Waals surface area contributed by atoms with Gasteiger partial charge in [0, 0.05) is 30.7 Å². The van der Waals surface area contributed by atoms with Crippen molar-refractivity contribution in [3.8, 4) is 0 Å². The van der Waals surface area contributed by atoms with Crippen LogP contribution in [0.25, 0.3) is 0 Å². The van der Waals surface area contributed by atoms with Crippen molar-refractivity contribution in [1.29, 1.82) is 0 Å². The van der Waals surface area contributed by atoms with Gasteiger partial charge in [-0.1, -0.05) is 23.7 Å². The lowest BCUT2D eigenvalue weighted by atomic mass is 10.2. The molecule has 1 atom stereocenters. The fraction of sp³-hybridized carbons (Fsp3) is 0.286. The number of hydrogen-bond acceptors (Lipinski definition) is 8. The lowest BCUT2D eigenvalue weighted by Crippen LogP contribution is -2.30. The number of benzene rings is 2. The van der Waals surface area contributed by atoms with Gasteiger partial charge in [-0.15, -0.1) is 11.8 Å². The van der Waals surface area contributed by atoms with Crippen molar-refractivity contribution in [3.05, 3.63) is 63.2 Å². The van der Waals surface area contributed by atoms with Gasteiger partial charge in [-0.25, -0.2) is 4.79 Å². The summed E-state index contributed by atoms with van der Waals surface area (Å²) in [6.07, 6.45) is -1.18. The number of nitro benzene ring substituents is 1. The lowest BCUT2D eigenvalue weighted by Gasteiger charge is -2.15. The molecule has 12 heteroatoms. The van der Waals surface area contributed by atoms with E-state index in [2.05, 4.69) is 10.6 Å². The zero-order valence-corrected chi connectivity index (χ0v) is 19.4. The number of carbonyl (C=O) groups is 3. The molecule has 0 aliphatic rings. The van der Waals surface area contributed by atoms with Gasteiger partial charge in [0.05, 0.1) is 33.6 Å². The van der Waals surface area contributed by atoms with E-state index in [0.717, 1.165) is 17.8 Å². The third kappa shape index (κ3) is 8.04. The van der Waals surface area contributed by atoms with Gasteiger partial charge in [0.1, 0.15) is 0 Å². The molecule has 0 radical (unpaired) electrons. The van der Waals surface area contributed by atoms with Gasteiger partial charge in [0.15, 0.2) is 6.10 Å². The number of nitrogens with one attached hydrogen (secondary N) is 2. The second-order valence-electron chi connectivity index (χ2n) is 6.59. The van der Waals surface area contributed by atoms with E-state index in [1.54, 1.807) is 18.2 Å². The number of anilines is 1. The van der Waals surface area contributed by atoms with Crippen molar-refractivity contribution in [2.75, 3.05) is 31.3 Å². The standard InChI is InChI=1S/C21H22ClN3O7S/c1-13(20(27)24-17-8-7-14(25(29)30)11-16(17)22)32-21(28)15-5-3-4-6-18(15)33-12-19(26)23-9-10-31-2/h3-8,11,13H,9-10,12H2,1-2H3,(H,23,26)(H,24,27). The van der Waals surface area contributed by atoms with Crippen LogP contribution in [0.3, 0.4) is 0 Å².